The van der Waals surface area contributed by atoms with Crippen molar-refractivity contribution in [2.45, 2.75) is 52.9 Å². The first-order valence-corrected chi connectivity index (χ1v) is 12.2. The summed E-state index contributed by atoms with van der Waals surface area (Å²) in [6.07, 6.45) is 8.84. The SMILES string of the molecule is CCCc1ccc(C=CC(=O)Nc2ccc(OC)c(OCCCN(CCC)CCC)c2)cc1. The van der Waals surface area contributed by atoms with E-state index in [0.29, 0.717) is 23.8 Å². The molecule has 1 amide bonds. The van der Waals surface area contributed by atoms with Gasteiger partial charge in [-0.15, -0.1) is 0 Å². The van der Waals surface area contributed by atoms with Gasteiger partial charge in [0.15, 0.2) is 11.5 Å². The van der Waals surface area contributed by atoms with E-state index in [-0.39, 0.29) is 5.91 Å². The molecule has 0 spiro atoms. The van der Waals surface area contributed by atoms with Crippen LogP contribution in [-0.2, 0) is 11.2 Å². The molecule has 0 saturated carbocycles. The average Bonchev–Trinajstić information content (AvgIpc) is 2.82. The number of aryl methyl sites for hydroxylation is 1. The molecule has 0 heterocycles. The molecule has 0 saturated heterocycles. The Morgan fingerprint density at radius 1 is 0.939 bits per heavy atom. The van der Waals surface area contributed by atoms with Gasteiger partial charge in [0.05, 0.1) is 13.7 Å². The van der Waals surface area contributed by atoms with Crippen LogP contribution >= 0.6 is 0 Å². The number of nitrogens with zero attached hydrogens (tertiary/aromatic N) is 1. The predicted octanol–water partition coefficient (Wildman–Crippen LogP) is 6.19. The maximum atomic E-state index is 12.4. The summed E-state index contributed by atoms with van der Waals surface area (Å²) in [4.78, 5) is 14.9. The van der Waals surface area contributed by atoms with E-state index in [2.05, 4.69) is 43.1 Å². The minimum atomic E-state index is -0.182. The highest BCUT2D eigenvalue weighted by Gasteiger charge is 2.08. The van der Waals surface area contributed by atoms with Crippen molar-refractivity contribution >= 4 is 17.7 Å². The highest BCUT2D eigenvalue weighted by atomic mass is 16.5. The first-order chi connectivity index (χ1) is 16.1. The monoisotopic (exact) mass is 452 g/mol. The molecule has 5 heteroatoms. The van der Waals surface area contributed by atoms with Crippen LogP contribution in [0, 0.1) is 0 Å². The van der Waals surface area contributed by atoms with Crippen LogP contribution in [0.3, 0.4) is 0 Å². The second-order valence-electron chi connectivity index (χ2n) is 8.22. The number of methoxy groups -OCH3 is 1. The summed E-state index contributed by atoms with van der Waals surface area (Å²) < 4.78 is 11.4. The Morgan fingerprint density at radius 2 is 1.67 bits per heavy atom. The van der Waals surface area contributed by atoms with Gasteiger partial charge in [0, 0.05) is 24.4 Å². The molecule has 0 fully saturated rings. The van der Waals surface area contributed by atoms with E-state index in [1.165, 1.54) is 5.56 Å². The quantitative estimate of drug-likeness (QED) is 0.259. The third-order valence-electron chi connectivity index (χ3n) is 5.33. The summed E-state index contributed by atoms with van der Waals surface area (Å²) in [5.41, 5.74) is 2.99. The van der Waals surface area contributed by atoms with Gasteiger partial charge >= 0.3 is 0 Å². The number of amides is 1. The van der Waals surface area contributed by atoms with Gasteiger partial charge in [0.2, 0.25) is 5.91 Å². The van der Waals surface area contributed by atoms with E-state index in [1.54, 1.807) is 13.2 Å². The number of hydrogen-bond acceptors (Lipinski definition) is 4. The Bertz CT molecular complexity index is 856. The summed E-state index contributed by atoms with van der Waals surface area (Å²) >= 11 is 0. The number of hydrogen-bond donors (Lipinski definition) is 1. The molecule has 180 valence electrons. The number of anilines is 1. The highest BCUT2D eigenvalue weighted by molar-refractivity contribution is 6.02. The molecule has 0 aliphatic rings. The fourth-order valence-electron chi connectivity index (χ4n) is 3.75. The maximum Gasteiger partial charge on any atom is 0.248 e. The fourth-order valence-corrected chi connectivity index (χ4v) is 3.75. The molecular formula is C28H40N2O3. The van der Waals surface area contributed by atoms with Crippen LogP contribution in [0.25, 0.3) is 6.08 Å². The van der Waals surface area contributed by atoms with Gasteiger partial charge in [-0.1, -0.05) is 51.5 Å². The van der Waals surface area contributed by atoms with Gasteiger partial charge in [0.25, 0.3) is 0 Å². The van der Waals surface area contributed by atoms with Crippen LogP contribution in [0.2, 0.25) is 0 Å². The van der Waals surface area contributed by atoms with Gasteiger partial charge in [-0.3, -0.25) is 4.79 Å². The lowest BCUT2D eigenvalue weighted by Gasteiger charge is -2.21. The van der Waals surface area contributed by atoms with Gasteiger partial charge in [-0.2, -0.15) is 0 Å². The average molecular weight is 453 g/mol. The van der Waals surface area contributed by atoms with Crippen LogP contribution in [0.1, 0.15) is 57.6 Å². The number of rotatable bonds is 15. The third-order valence-corrected chi connectivity index (χ3v) is 5.33. The molecule has 2 aromatic rings. The Kier molecular flexibility index (Phi) is 12.1. The lowest BCUT2D eigenvalue weighted by Crippen LogP contribution is -2.27. The smallest absolute Gasteiger partial charge is 0.248 e. The van der Waals surface area contributed by atoms with E-state index in [4.69, 9.17) is 9.47 Å². The number of ether oxygens (including phenoxy) is 2. The first-order valence-electron chi connectivity index (χ1n) is 12.2. The Hall–Kier alpha value is -2.79. The molecule has 1 N–H and O–H groups in total. The summed E-state index contributed by atoms with van der Waals surface area (Å²) in [6, 6.07) is 13.8. The van der Waals surface area contributed by atoms with Crippen molar-refractivity contribution < 1.29 is 14.3 Å². The molecular weight excluding hydrogens is 412 g/mol. The van der Waals surface area contributed by atoms with E-state index >= 15 is 0 Å². The highest BCUT2D eigenvalue weighted by Crippen LogP contribution is 2.30. The molecule has 0 radical (unpaired) electrons. The second-order valence-corrected chi connectivity index (χ2v) is 8.22. The topological polar surface area (TPSA) is 50.8 Å². The molecule has 0 aromatic heterocycles. The van der Waals surface area contributed by atoms with Gasteiger partial charge in [-0.25, -0.2) is 0 Å². The lowest BCUT2D eigenvalue weighted by atomic mass is 10.1. The molecule has 2 rings (SSSR count). The first kappa shape index (κ1) is 26.5. The van der Waals surface area contributed by atoms with Crippen LogP contribution in [0.5, 0.6) is 11.5 Å². The third kappa shape index (κ3) is 9.70. The molecule has 0 unspecified atom stereocenters. The van der Waals surface area contributed by atoms with Gasteiger partial charge in [0.1, 0.15) is 0 Å². The molecule has 0 aliphatic carbocycles. The zero-order valence-electron chi connectivity index (χ0n) is 20.7. The molecule has 0 bridgehead atoms. The number of carbonyl (C=O) groups excluding carboxylic acids is 1. The molecule has 2 aromatic carbocycles. The minimum absolute atomic E-state index is 0.182. The normalized spacial score (nSPS) is 11.2. The molecule has 33 heavy (non-hydrogen) atoms. The molecule has 5 nitrogen and oxygen atoms in total. The van der Waals surface area contributed by atoms with Crippen molar-refractivity contribution in [3.8, 4) is 11.5 Å². The Labute approximate surface area is 199 Å². The van der Waals surface area contributed by atoms with Crippen molar-refractivity contribution in [1.29, 1.82) is 0 Å². The number of nitrogens with one attached hydrogen (secondary N) is 1. The van der Waals surface area contributed by atoms with E-state index < -0.39 is 0 Å². The summed E-state index contributed by atoms with van der Waals surface area (Å²) in [5.74, 6) is 1.12. The predicted molar refractivity (Wildman–Crippen MR) is 138 cm³/mol. The van der Waals surface area contributed by atoms with E-state index in [1.807, 2.05) is 36.4 Å². The van der Waals surface area contributed by atoms with Crippen molar-refractivity contribution in [3.63, 3.8) is 0 Å². The zero-order chi connectivity index (χ0) is 23.9. The Morgan fingerprint density at radius 3 is 2.30 bits per heavy atom. The second kappa shape index (κ2) is 15.1. The summed E-state index contributed by atoms with van der Waals surface area (Å²) in [5, 5.41) is 2.91. The van der Waals surface area contributed by atoms with Crippen LogP contribution < -0.4 is 14.8 Å². The van der Waals surface area contributed by atoms with Crippen molar-refractivity contribution in [2.75, 3.05) is 38.7 Å². The van der Waals surface area contributed by atoms with Crippen molar-refractivity contribution in [1.82, 2.24) is 4.90 Å². The van der Waals surface area contributed by atoms with E-state index in [0.717, 1.165) is 57.3 Å². The van der Waals surface area contributed by atoms with Gasteiger partial charge < -0.3 is 19.7 Å². The summed E-state index contributed by atoms with van der Waals surface area (Å²) in [6.45, 7) is 10.5. The fraction of sp³-hybridized carbons (Fsp3) is 0.464. The van der Waals surface area contributed by atoms with Crippen LogP contribution in [0.15, 0.2) is 48.5 Å². The van der Waals surface area contributed by atoms with E-state index in [9.17, 15) is 4.79 Å². The minimum Gasteiger partial charge on any atom is -0.493 e. The maximum absolute atomic E-state index is 12.4. The molecule has 0 aliphatic heterocycles. The largest absolute Gasteiger partial charge is 0.493 e. The molecule has 0 atom stereocenters. The Balaban J connectivity index is 1.91. The van der Waals surface area contributed by atoms with Gasteiger partial charge in [-0.05, 0) is 68.1 Å². The standard InChI is InChI=1S/C28H40N2O3/c1-5-9-23-10-12-24(13-11-23)14-17-28(31)29-25-15-16-26(32-4)27(22-25)33-21-8-20-30(18-6-2)19-7-3/h10-17,22H,5-9,18-21H2,1-4H3,(H,29,31). The summed E-state index contributed by atoms with van der Waals surface area (Å²) in [7, 11) is 1.62. The zero-order valence-corrected chi connectivity index (χ0v) is 20.7. The van der Waals surface area contributed by atoms with Crippen LogP contribution in [0.4, 0.5) is 5.69 Å². The lowest BCUT2D eigenvalue weighted by molar-refractivity contribution is -0.111. The number of benzene rings is 2. The van der Waals surface area contributed by atoms with Crippen molar-refractivity contribution in [3.05, 3.63) is 59.7 Å². The van der Waals surface area contributed by atoms with Crippen molar-refractivity contribution in [2.24, 2.45) is 0 Å². The number of carbonyl (C=O) groups is 1. The van der Waals surface area contributed by atoms with Crippen LogP contribution in [-0.4, -0.2) is 44.2 Å².